The average molecular weight is 176 g/mol. The smallest absolute Gasteiger partial charge is 0.0965 e. The van der Waals surface area contributed by atoms with Crippen LogP contribution in [0.4, 0.5) is 5.69 Å². The summed E-state index contributed by atoms with van der Waals surface area (Å²) in [6.45, 7) is 3.97. The fourth-order valence-corrected chi connectivity index (χ4v) is 1.29. The van der Waals surface area contributed by atoms with E-state index in [1.807, 2.05) is 25.1 Å². The zero-order valence-corrected chi connectivity index (χ0v) is 8.25. The molecule has 13 heavy (non-hydrogen) atoms. The maximum atomic E-state index is 5.54. The van der Waals surface area contributed by atoms with Crippen molar-refractivity contribution in [3.8, 4) is 0 Å². The van der Waals surface area contributed by atoms with E-state index in [0.29, 0.717) is 5.84 Å². The molecule has 0 bridgehead atoms. The van der Waals surface area contributed by atoms with Crippen molar-refractivity contribution in [3.05, 3.63) is 29.8 Å². The lowest BCUT2D eigenvalue weighted by Crippen LogP contribution is -2.04. The Morgan fingerprint density at radius 1 is 1.38 bits per heavy atom. The number of hydrogen-bond donors (Lipinski definition) is 1. The van der Waals surface area contributed by atoms with Gasteiger partial charge in [-0.15, -0.1) is 0 Å². The van der Waals surface area contributed by atoms with E-state index in [1.165, 1.54) is 5.56 Å². The van der Waals surface area contributed by atoms with Crippen molar-refractivity contribution in [2.24, 2.45) is 10.7 Å². The molecule has 1 aromatic rings. The lowest BCUT2D eigenvalue weighted by Gasteiger charge is -2.03. The Balaban J connectivity index is 2.97. The van der Waals surface area contributed by atoms with Crippen LogP contribution in [-0.4, -0.2) is 5.84 Å². The van der Waals surface area contributed by atoms with E-state index in [1.54, 1.807) is 0 Å². The summed E-state index contributed by atoms with van der Waals surface area (Å²) in [6, 6.07) is 8.13. The number of nitrogens with two attached hydrogens (primary N) is 1. The van der Waals surface area contributed by atoms with Gasteiger partial charge in [-0.2, -0.15) is 0 Å². The number of aliphatic imine (C=N–C) groups is 1. The Morgan fingerprint density at radius 2 is 2.08 bits per heavy atom. The van der Waals surface area contributed by atoms with E-state index < -0.39 is 0 Å². The van der Waals surface area contributed by atoms with Crippen LogP contribution in [0, 0.1) is 0 Å². The van der Waals surface area contributed by atoms with Gasteiger partial charge in [0.25, 0.3) is 0 Å². The fraction of sp³-hybridized carbons (Fsp3) is 0.364. The number of amidine groups is 1. The van der Waals surface area contributed by atoms with E-state index in [9.17, 15) is 0 Å². The van der Waals surface area contributed by atoms with Crippen LogP contribution in [-0.2, 0) is 6.42 Å². The molecule has 70 valence electrons. The number of aryl methyl sites for hydroxylation is 1. The van der Waals surface area contributed by atoms with E-state index in [-0.39, 0.29) is 0 Å². The van der Waals surface area contributed by atoms with Gasteiger partial charge in [0.15, 0.2) is 0 Å². The van der Waals surface area contributed by atoms with Crippen LogP contribution >= 0.6 is 0 Å². The van der Waals surface area contributed by atoms with Crippen LogP contribution in [0.5, 0.6) is 0 Å². The molecule has 0 atom stereocenters. The molecule has 1 rings (SSSR count). The number of para-hydroxylation sites is 1. The fourth-order valence-electron chi connectivity index (χ4n) is 1.29. The summed E-state index contributed by atoms with van der Waals surface area (Å²) in [5.74, 6) is 0.614. The third-order valence-electron chi connectivity index (χ3n) is 1.81. The molecule has 0 aromatic heterocycles. The van der Waals surface area contributed by atoms with Gasteiger partial charge in [-0.05, 0) is 25.0 Å². The second kappa shape index (κ2) is 4.65. The summed E-state index contributed by atoms with van der Waals surface area (Å²) < 4.78 is 0. The molecule has 2 N–H and O–H groups in total. The van der Waals surface area contributed by atoms with Gasteiger partial charge in [-0.25, -0.2) is 4.99 Å². The zero-order valence-electron chi connectivity index (χ0n) is 8.25. The Bertz CT molecular complexity index is 299. The number of hydrogen-bond acceptors (Lipinski definition) is 1. The van der Waals surface area contributed by atoms with Gasteiger partial charge < -0.3 is 5.73 Å². The average Bonchev–Trinajstić information content (AvgIpc) is 2.08. The van der Waals surface area contributed by atoms with Crippen molar-refractivity contribution in [2.75, 3.05) is 0 Å². The zero-order chi connectivity index (χ0) is 9.68. The van der Waals surface area contributed by atoms with Gasteiger partial charge in [0, 0.05) is 0 Å². The largest absolute Gasteiger partial charge is 0.387 e. The summed E-state index contributed by atoms with van der Waals surface area (Å²) in [6.07, 6.45) is 2.20. The normalized spacial score (nSPS) is 11.7. The molecule has 0 fully saturated rings. The Morgan fingerprint density at radius 3 is 2.69 bits per heavy atom. The second-order valence-corrected chi connectivity index (χ2v) is 3.13. The third kappa shape index (κ3) is 2.90. The Labute approximate surface area is 79.5 Å². The summed E-state index contributed by atoms with van der Waals surface area (Å²) in [5, 5.41) is 0. The molecule has 0 aliphatic carbocycles. The molecule has 0 heterocycles. The highest BCUT2D eigenvalue weighted by atomic mass is 14.8. The van der Waals surface area contributed by atoms with E-state index in [2.05, 4.69) is 18.0 Å². The molecule has 2 heteroatoms. The van der Waals surface area contributed by atoms with Crippen molar-refractivity contribution >= 4 is 11.5 Å². The predicted octanol–water partition coefficient (Wildman–Crippen LogP) is 2.65. The highest BCUT2D eigenvalue weighted by molar-refractivity contribution is 5.81. The first-order valence-corrected chi connectivity index (χ1v) is 4.62. The van der Waals surface area contributed by atoms with Gasteiger partial charge in [0.2, 0.25) is 0 Å². The van der Waals surface area contributed by atoms with Crippen LogP contribution < -0.4 is 5.73 Å². The maximum absolute atomic E-state index is 5.54. The lowest BCUT2D eigenvalue weighted by molar-refractivity contribution is 0.921. The van der Waals surface area contributed by atoms with Gasteiger partial charge in [-0.1, -0.05) is 31.5 Å². The summed E-state index contributed by atoms with van der Waals surface area (Å²) in [4.78, 5) is 4.27. The minimum Gasteiger partial charge on any atom is -0.387 e. The number of benzene rings is 1. The van der Waals surface area contributed by atoms with Crippen molar-refractivity contribution in [2.45, 2.75) is 26.7 Å². The van der Waals surface area contributed by atoms with Crippen molar-refractivity contribution in [3.63, 3.8) is 0 Å². The number of nitrogens with zero attached hydrogens (tertiary/aromatic N) is 1. The predicted molar refractivity (Wildman–Crippen MR) is 57.4 cm³/mol. The monoisotopic (exact) mass is 176 g/mol. The molecule has 0 spiro atoms. The molecule has 0 aliphatic rings. The molecule has 0 saturated heterocycles. The van der Waals surface area contributed by atoms with Gasteiger partial charge in [0.1, 0.15) is 0 Å². The van der Waals surface area contributed by atoms with Gasteiger partial charge >= 0.3 is 0 Å². The molecule has 0 radical (unpaired) electrons. The Kier molecular flexibility index (Phi) is 3.50. The first-order chi connectivity index (χ1) is 6.24. The minimum absolute atomic E-state index is 0.614. The molecular weight excluding hydrogens is 160 g/mol. The first-order valence-electron chi connectivity index (χ1n) is 4.62. The molecule has 2 nitrogen and oxygen atoms in total. The first kappa shape index (κ1) is 9.78. The SMILES string of the molecule is CCCc1ccccc1N=C(C)N. The van der Waals surface area contributed by atoms with E-state index in [0.717, 1.165) is 18.5 Å². The van der Waals surface area contributed by atoms with Crippen LogP contribution in [0.2, 0.25) is 0 Å². The van der Waals surface area contributed by atoms with Gasteiger partial charge in [0.05, 0.1) is 11.5 Å². The standard InChI is InChI=1S/C11H16N2/c1-3-6-10-7-4-5-8-11(10)13-9(2)12/h4-5,7-8H,3,6H2,1-2H3,(H2,12,13). The van der Waals surface area contributed by atoms with Crippen LogP contribution in [0.1, 0.15) is 25.8 Å². The molecular formula is C11H16N2. The highest BCUT2D eigenvalue weighted by Gasteiger charge is 1.97. The summed E-state index contributed by atoms with van der Waals surface area (Å²) in [7, 11) is 0. The van der Waals surface area contributed by atoms with Crippen LogP contribution in [0.3, 0.4) is 0 Å². The van der Waals surface area contributed by atoms with Gasteiger partial charge in [-0.3, -0.25) is 0 Å². The van der Waals surface area contributed by atoms with E-state index >= 15 is 0 Å². The molecule has 0 unspecified atom stereocenters. The van der Waals surface area contributed by atoms with Crippen LogP contribution in [0.15, 0.2) is 29.3 Å². The summed E-state index contributed by atoms with van der Waals surface area (Å²) >= 11 is 0. The third-order valence-corrected chi connectivity index (χ3v) is 1.81. The maximum Gasteiger partial charge on any atom is 0.0965 e. The quantitative estimate of drug-likeness (QED) is 0.558. The molecule has 0 amide bonds. The second-order valence-electron chi connectivity index (χ2n) is 3.13. The van der Waals surface area contributed by atoms with Crippen molar-refractivity contribution in [1.82, 2.24) is 0 Å². The summed E-state index contributed by atoms with van der Waals surface area (Å²) in [5.41, 5.74) is 7.82. The topological polar surface area (TPSA) is 38.4 Å². The molecule has 0 aliphatic heterocycles. The van der Waals surface area contributed by atoms with Crippen molar-refractivity contribution in [1.29, 1.82) is 0 Å². The Hall–Kier alpha value is -1.31. The number of rotatable bonds is 3. The van der Waals surface area contributed by atoms with Crippen LogP contribution in [0.25, 0.3) is 0 Å². The van der Waals surface area contributed by atoms with E-state index in [4.69, 9.17) is 5.73 Å². The minimum atomic E-state index is 0.614. The lowest BCUT2D eigenvalue weighted by atomic mass is 10.1. The highest BCUT2D eigenvalue weighted by Crippen LogP contribution is 2.19. The molecule has 0 saturated carbocycles. The van der Waals surface area contributed by atoms with Crippen molar-refractivity contribution < 1.29 is 0 Å². The molecule has 1 aromatic carbocycles.